The molecule has 0 saturated heterocycles. The van der Waals surface area contributed by atoms with Crippen molar-refractivity contribution in [3.8, 4) is 0 Å². The van der Waals surface area contributed by atoms with Crippen molar-refractivity contribution < 1.29 is 13.5 Å². The topological polar surface area (TPSA) is 82.5 Å². The van der Waals surface area contributed by atoms with Crippen LogP contribution in [0, 0.1) is 0 Å². The minimum atomic E-state index is -3.71. The number of pyridine rings is 1. The van der Waals surface area contributed by atoms with Crippen LogP contribution in [0.1, 0.15) is 25.7 Å². The fourth-order valence-electron chi connectivity index (χ4n) is 2.62. The van der Waals surface area contributed by atoms with Gasteiger partial charge in [0.05, 0.1) is 10.6 Å². The summed E-state index contributed by atoms with van der Waals surface area (Å²) in [6, 6.07) is 1.37. The third-order valence-electron chi connectivity index (χ3n) is 3.81. The number of hydrogen-bond acceptors (Lipinski definition) is 5. The van der Waals surface area contributed by atoms with Crippen LogP contribution in [-0.4, -0.2) is 49.1 Å². The molecule has 0 radical (unpaired) electrons. The first-order chi connectivity index (χ1) is 9.78. The highest BCUT2D eigenvalue weighted by Gasteiger charge is 2.36. The lowest BCUT2D eigenvalue weighted by molar-refractivity contribution is 0.0333. The molecular weight excluding hydrogens is 314 g/mol. The SMILES string of the molecule is CNc1ncc(S(=O)(=O)N(C)CC2(O)CCCC2)cc1Cl. The van der Waals surface area contributed by atoms with Gasteiger partial charge in [0.1, 0.15) is 10.7 Å². The zero-order valence-corrected chi connectivity index (χ0v) is 13.7. The molecule has 1 aliphatic rings. The van der Waals surface area contributed by atoms with Gasteiger partial charge in [-0.2, -0.15) is 4.31 Å². The lowest BCUT2D eigenvalue weighted by Gasteiger charge is -2.28. The van der Waals surface area contributed by atoms with Gasteiger partial charge < -0.3 is 10.4 Å². The highest BCUT2D eigenvalue weighted by atomic mass is 35.5. The van der Waals surface area contributed by atoms with Gasteiger partial charge in [0.2, 0.25) is 10.0 Å². The van der Waals surface area contributed by atoms with Crippen LogP contribution in [0.15, 0.2) is 17.2 Å². The second-order valence-electron chi connectivity index (χ2n) is 5.44. The molecule has 0 bridgehead atoms. The smallest absolute Gasteiger partial charge is 0.244 e. The molecular formula is C13H20ClN3O3S. The van der Waals surface area contributed by atoms with Gasteiger partial charge in [0.15, 0.2) is 0 Å². The summed E-state index contributed by atoms with van der Waals surface area (Å²) in [6.07, 6.45) is 4.38. The van der Waals surface area contributed by atoms with Crippen LogP contribution in [0.2, 0.25) is 5.02 Å². The fourth-order valence-corrected chi connectivity index (χ4v) is 4.16. The highest BCUT2D eigenvalue weighted by Crippen LogP contribution is 2.31. The van der Waals surface area contributed by atoms with E-state index in [9.17, 15) is 13.5 Å². The third-order valence-corrected chi connectivity index (χ3v) is 5.87. The van der Waals surface area contributed by atoms with E-state index >= 15 is 0 Å². The summed E-state index contributed by atoms with van der Waals surface area (Å²) in [5.41, 5.74) is -0.927. The number of halogens is 1. The first-order valence-corrected chi connectivity index (χ1v) is 8.62. The van der Waals surface area contributed by atoms with E-state index in [2.05, 4.69) is 10.3 Å². The average Bonchev–Trinajstić information content (AvgIpc) is 2.85. The summed E-state index contributed by atoms with van der Waals surface area (Å²) in [5, 5.41) is 13.4. The minimum absolute atomic E-state index is 0.0237. The molecule has 0 atom stereocenters. The van der Waals surface area contributed by atoms with E-state index in [4.69, 9.17) is 11.6 Å². The molecule has 0 spiro atoms. The summed E-state index contributed by atoms with van der Waals surface area (Å²) in [4.78, 5) is 4.01. The maximum absolute atomic E-state index is 12.5. The van der Waals surface area contributed by atoms with E-state index < -0.39 is 15.6 Å². The minimum Gasteiger partial charge on any atom is -0.389 e. The van der Waals surface area contributed by atoms with Crippen molar-refractivity contribution in [3.63, 3.8) is 0 Å². The molecule has 1 fully saturated rings. The lowest BCUT2D eigenvalue weighted by atomic mass is 10.0. The molecule has 0 amide bonds. The van der Waals surface area contributed by atoms with Gasteiger partial charge in [-0.3, -0.25) is 0 Å². The van der Waals surface area contributed by atoms with Crippen LogP contribution >= 0.6 is 11.6 Å². The first kappa shape index (κ1) is 16.5. The molecule has 1 heterocycles. The van der Waals surface area contributed by atoms with Crippen LogP contribution in [-0.2, 0) is 10.0 Å². The molecule has 2 N–H and O–H groups in total. The first-order valence-electron chi connectivity index (χ1n) is 6.80. The summed E-state index contributed by atoms with van der Waals surface area (Å²) in [5.74, 6) is 0.424. The molecule has 1 aromatic rings. The van der Waals surface area contributed by atoms with E-state index in [0.717, 1.165) is 12.8 Å². The Labute approximate surface area is 130 Å². The predicted molar refractivity (Wildman–Crippen MR) is 82.0 cm³/mol. The molecule has 1 aromatic heterocycles. The number of likely N-dealkylation sites (N-methyl/N-ethyl adjacent to an activating group) is 1. The summed E-state index contributed by atoms with van der Waals surface area (Å²) >= 11 is 5.98. The molecule has 2 rings (SSSR count). The Morgan fingerprint density at radius 3 is 2.62 bits per heavy atom. The van der Waals surface area contributed by atoms with Crippen LogP contribution in [0.4, 0.5) is 5.82 Å². The van der Waals surface area contributed by atoms with Gasteiger partial charge in [0.25, 0.3) is 0 Å². The van der Waals surface area contributed by atoms with E-state index in [1.165, 1.54) is 23.6 Å². The van der Waals surface area contributed by atoms with Crippen molar-refractivity contribution in [1.29, 1.82) is 0 Å². The normalized spacial score (nSPS) is 18.1. The number of hydrogen-bond donors (Lipinski definition) is 2. The quantitative estimate of drug-likeness (QED) is 0.857. The van der Waals surface area contributed by atoms with E-state index in [0.29, 0.717) is 18.7 Å². The molecule has 0 aliphatic heterocycles. The Kier molecular flexibility index (Phi) is 4.77. The van der Waals surface area contributed by atoms with Crippen molar-refractivity contribution in [2.75, 3.05) is 26.0 Å². The Morgan fingerprint density at radius 1 is 1.48 bits per heavy atom. The molecule has 6 nitrogen and oxygen atoms in total. The van der Waals surface area contributed by atoms with Crippen LogP contribution in [0.25, 0.3) is 0 Å². The Morgan fingerprint density at radius 2 is 2.10 bits per heavy atom. The average molecular weight is 334 g/mol. The summed E-state index contributed by atoms with van der Waals surface area (Å²) in [7, 11) is -0.593. The van der Waals surface area contributed by atoms with Crippen LogP contribution in [0.3, 0.4) is 0 Å². The highest BCUT2D eigenvalue weighted by molar-refractivity contribution is 7.89. The summed E-state index contributed by atoms with van der Waals surface area (Å²) < 4.78 is 26.2. The Bertz CT molecular complexity index is 615. The van der Waals surface area contributed by atoms with E-state index in [1.54, 1.807) is 7.05 Å². The molecule has 21 heavy (non-hydrogen) atoms. The molecule has 0 aromatic carbocycles. The van der Waals surface area contributed by atoms with E-state index in [-0.39, 0.29) is 16.5 Å². The number of nitrogens with zero attached hydrogens (tertiary/aromatic N) is 2. The molecule has 1 aliphatic carbocycles. The maximum Gasteiger partial charge on any atom is 0.244 e. The lowest BCUT2D eigenvalue weighted by Crippen LogP contribution is -2.42. The number of sulfonamides is 1. The Balaban J connectivity index is 2.22. The maximum atomic E-state index is 12.5. The molecule has 1 saturated carbocycles. The van der Waals surface area contributed by atoms with Gasteiger partial charge in [-0.15, -0.1) is 0 Å². The second-order valence-corrected chi connectivity index (χ2v) is 7.90. The fraction of sp³-hybridized carbons (Fsp3) is 0.615. The number of rotatable bonds is 5. The predicted octanol–water partition coefficient (Wildman–Crippen LogP) is 1.70. The largest absolute Gasteiger partial charge is 0.389 e. The number of anilines is 1. The van der Waals surface area contributed by atoms with Crippen molar-refractivity contribution in [1.82, 2.24) is 9.29 Å². The van der Waals surface area contributed by atoms with Crippen molar-refractivity contribution in [2.24, 2.45) is 0 Å². The third kappa shape index (κ3) is 3.48. The van der Waals surface area contributed by atoms with E-state index in [1.807, 2.05) is 0 Å². The zero-order valence-electron chi connectivity index (χ0n) is 12.1. The van der Waals surface area contributed by atoms with Gasteiger partial charge in [-0.1, -0.05) is 24.4 Å². The van der Waals surface area contributed by atoms with Gasteiger partial charge in [0, 0.05) is 26.8 Å². The monoisotopic (exact) mass is 333 g/mol. The van der Waals surface area contributed by atoms with Gasteiger partial charge >= 0.3 is 0 Å². The molecule has 118 valence electrons. The van der Waals surface area contributed by atoms with Crippen molar-refractivity contribution in [2.45, 2.75) is 36.2 Å². The summed E-state index contributed by atoms with van der Waals surface area (Å²) in [6.45, 7) is 0.0841. The zero-order chi connectivity index (χ0) is 15.7. The van der Waals surface area contributed by atoms with Crippen LogP contribution in [0.5, 0.6) is 0 Å². The number of aromatic nitrogens is 1. The van der Waals surface area contributed by atoms with Gasteiger partial charge in [-0.25, -0.2) is 13.4 Å². The van der Waals surface area contributed by atoms with Crippen molar-refractivity contribution >= 4 is 27.4 Å². The second kappa shape index (κ2) is 6.08. The molecule has 8 heteroatoms. The van der Waals surface area contributed by atoms with Gasteiger partial charge in [-0.05, 0) is 18.9 Å². The standard InChI is InChI=1S/C13H20ClN3O3S/c1-15-12-11(14)7-10(8-16-12)21(19,20)17(2)9-13(18)5-3-4-6-13/h7-8,18H,3-6,9H2,1-2H3,(H,15,16). The number of aliphatic hydroxyl groups is 1. The Hall–Kier alpha value is -0.890. The molecule has 0 unspecified atom stereocenters. The van der Waals surface area contributed by atoms with Crippen molar-refractivity contribution in [3.05, 3.63) is 17.3 Å². The number of nitrogens with one attached hydrogen (secondary N) is 1. The van der Waals surface area contributed by atoms with Crippen LogP contribution < -0.4 is 5.32 Å².